The molecule has 0 aromatic rings. The lowest BCUT2D eigenvalue weighted by Crippen LogP contribution is -2.40. The Hall–Kier alpha value is -1.32. The van der Waals surface area contributed by atoms with Crippen LogP contribution in [0.3, 0.4) is 0 Å². The van der Waals surface area contributed by atoms with Gasteiger partial charge in [0.1, 0.15) is 5.60 Å². The van der Waals surface area contributed by atoms with Gasteiger partial charge in [-0.1, -0.05) is 19.4 Å². The highest BCUT2D eigenvalue weighted by atomic mass is 16.6. The van der Waals surface area contributed by atoms with Crippen molar-refractivity contribution in [3.63, 3.8) is 0 Å². The number of esters is 2. The van der Waals surface area contributed by atoms with Crippen LogP contribution in [0.1, 0.15) is 47.5 Å². The standard InChI is InChI=1S/C14H22O4/c1-9(2)12(10(3)4)13(16)18-14(5)6-7-17-11(15)8-14/h9H,6-8H2,1-5H3. The Labute approximate surface area is 108 Å². The summed E-state index contributed by atoms with van der Waals surface area (Å²) in [5, 5.41) is 0. The first kappa shape index (κ1) is 14.7. The van der Waals surface area contributed by atoms with Crippen molar-refractivity contribution in [1.29, 1.82) is 0 Å². The minimum absolute atomic E-state index is 0.113. The van der Waals surface area contributed by atoms with Gasteiger partial charge in [-0.15, -0.1) is 0 Å². The number of cyclic esters (lactones) is 1. The molecule has 0 aliphatic carbocycles. The third-order valence-electron chi connectivity index (χ3n) is 3.09. The topological polar surface area (TPSA) is 52.6 Å². The van der Waals surface area contributed by atoms with Crippen LogP contribution in [0.5, 0.6) is 0 Å². The third kappa shape index (κ3) is 3.59. The normalized spacial score (nSPS) is 23.6. The van der Waals surface area contributed by atoms with Gasteiger partial charge < -0.3 is 9.47 Å². The Bertz CT molecular complexity index is 377. The van der Waals surface area contributed by atoms with Gasteiger partial charge in [-0.25, -0.2) is 4.79 Å². The lowest BCUT2D eigenvalue weighted by Gasteiger charge is -2.33. The summed E-state index contributed by atoms with van der Waals surface area (Å²) in [5.74, 6) is -0.510. The number of ether oxygens (including phenoxy) is 2. The molecule has 0 N–H and O–H groups in total. The van der Waals surface area contributed by atoms with Crippen molar-refractivity contribution < 1.29 is 19.1 Å². The maximum absolute atomic E-state index is 12.2. The van der Waals surface area contributed by atoms with Crippen molar-refractivity contribution in [2.45, 2.75) is 53.1 Å². The maximum atomic E-state index is 12.2. The number of rotatable bonds is 3. The van der Waals surface area contributed by atoms with Crippen LogP contribution in [-0.2, 0) is 19.1 Å². The summed E-state index contributed by atoms with van der Waals surface area (Å²) >= 11 is 0. The van der Waals surface area contributed by atoms with Crippen LogP contribution in [0.4, 0.5) is 0 Å². The van der Waals surface area contributed by atoms with Gasteiger partial charge in [0.25, 0.3) is 0 Å². The molecule has 0 amide bonds. The lowest BCUT2D eigenvalue weighted by molar-refractivity contribution is -0.172. The van der Waals surface area contributed by atoms with E-state index in [9.17, 15) is 9.59 Å². The van der Waals surface area contributed by atoms with Crippen LogP contribution in [0, 0.1) is 5.92 Å². The highest BCUT2D eigenvalue weighted by Crippen LogP contribution is 2.28. The first-order chi connectivity index (χ1) is 8.25. The molecule has 1 aliphatic rings. The molecule has 1 atom stereocenters. The van der Waals surface area contributed by atoms with E-state index in [-0.39, 0.29) is 24.3 Å². The molecular formula is C14H22O4. The summed E-state index contributed by atoms with van der Waals surface area (Å²) in [6.45, 7) is 9.81. The minimum Gasteiger partial charge on any atom is -0.465 e. The van der Waals surface area contributed by atoms with Gasteiger partial charge in [0.05, 0.1) is 13.0 Å². The number of hydrogen-bond donors (Lipinski definition) is 0. The quantitative estimate of drug-likeness (QED) is 0.574. The fourth-order valence-electron chi connectivity index (χ4n) is 2.21. The van der Waals surface area contributed by atoms with Crippen molar-refractivity contribution in [2.24, 2.45) is 5.92 Å². The molecular weight excluding hydrogens is 232 g/mol. The second kappa shape index (κ2) is 5.55. The Kier molecular flexibility index (Phi) is 4.54. The van der Waals surface area contributed by atoms with Gasteiger partial charge in [0.15, 0.2) is 0 Å². The Morgan fingerprint density at radius 2 is 2.00 bits per heavy atom. The molecule has 0 aromatic carbocycles. The zero-order valence-corrected chi connectivity index (χ0v) is 11.8. The van der Waals surface area contributed by atoms with Crippen molar-refractivity contribution in [2.75, 3.05) is 6.61 Å². The second-order valence-corrected chi connectivity index (χ2v) is 5.56. The fourth-order valence-corrected chi connectivity index (χ4v) is 2.21. The summed E-state index contributed by atoms with van der Waals surface area (Å²) in [6.07, 6.45) is 0.686. The first-order valence-corrected chi connectivity index (χ1v) is 6.31. The van der Waals surface area contributed by atoms with E-state index in [1.165, 1.54) is 0 Å². The molecule has 4 heteroatoms. The van der Waals surface area contributed by atoms with Gasteiger partial charge >= 0.3 is 11.9 Å². The fraction of sp³-hybridized carbons (Fsp3) is 0.714. The highest BCUT2D eigenvalue weighted by Gasteiger charge is 2.37. The lowest BCUT2D eigenvalue weighted by atomic mass is 9.94. The molecule has 1 heterocycles. The van der Waals surface area contributed by atoms with Crippen molar-refractivity contribution >= 4 is 11.9 Å². The van der Waals surface area contributed by atoms with E-state index in [1.807, 2.05) is 27.7 Å². The van der Waals surface area contributed by atoms with E-state index in [4.69, 9.17) is 9.47 Å². The molecule has 1 aliphatic heterocycles. The maximum Gasteiger partial charge on any atom is 0.334 e. The van der Waals surface area contributed by atoms with Gasteiger partial charge in [0, 0.05) is 12.0 Å². The van der Waals surface area contributed by atoms with Gasteiger partial charge in [-0.05, 0) is 26.7 Å². The van der Waals surface area contributed by atoms with Gasteiger partial charge in [-0.2, -0.15) is 0 Å². The monoisotopic (exact) mass is 254 g/mol. The van der Waals surface area contributed by atoms with E-state index in [2.05, 4.69) is 0 Å². The SMILES string of the molecule is CC(C)=C(C(=O)OC1(C)CCOC(=O)C1)C(C)C. The van der Waals surface area contributed by atoms with Crippen molar-refractivity contribution in [1.82, 2.24) is 0 Å². The molecule has 0 radical (unpaired) electrons. The Balaban J connectivity index is 2.80. The van der Waals surface area contributed by atoms with Crippen molar-refractivity contribution in [3.8, 4) is 0 Å². The first-order valence-electron chi connectivity index (χ1n) is 6.31. The molecule has 0 spiro atoms. The Morgan fingerprint density at radius 3 is 2.44 bits per heavy atom. The highest BCUT2D eigenvalue weighted by molar-refractivity contribution is 5.90. The van der Waals surface area contributed by atoms with Crippen LogP contribution >= 0.6 is 0 Å². The second-order valence-electron chi connectivity index (χ2n) is 5.56. The number of carbonyl (C=O) groups excluding carboxylic acids is 2. The van der Waals surface area contributed by atoms with E-state index in [0.717, 1.165) is 5.57 Å². The molecule has 0 saturated carbocycles. The van der Waals surface area contributed by atoms with Crippen LogP contribution in [-0.4, -0.2) is 24.1 Å². The zero-order valence-electron chi connectivity index (χ0n) is 11.8. The number of allylic oxidation sites excluding steroid dienone is 1. The average Bonchev–Trinajstić information content (AvgIpc) is 2.13. The van der Waals surface area contributed by atoms with Crippen LogP contribution < -0.4 is 0 Å². The van der Waals surface area contributed by atoms with Crippen LogP contribution in [0.2, 0.25) is 0 Å². The van der Waals surface area contributed by atoms with Crippen LogP contribution in [0.25, 0.3) is 0 Å². The summed E-state index contributed by atoms with van der Waals surface area (Å²) in [7, 11) is 0. The zero-order chi connectivity index (χ0) is 13.9. The molecule has 0 aromatic heterocycles. The molecule has 1 unspecified atom stereocenters. The van der Waals surface area contributed by atoms with Gasteiger partial charge in [-0.3, -0.25) is 4.79 Å². The molecule has 0 bridgehead atoms. The van der Waals surface area contributed by atoms with Gasteiger partial charge in [0.2, 0.25) is 0 Å². The third-order valence-corrected chi connectivity index (χ3v) is 3.09. The predicted octanol–water partition coefficient (Wildman–Crippen LogP) is 2.62. The predicted molar refractivity (Wildman–Crippen MR) is 67.9 cm³/mol. The molecule has 1 saturated heterocycles. The van der Waals surface area contributed by atoms with E-state index < -0.39 is 5.60 Å². The van der Waals surface area contributed by atoms with Crippen molar-refractivity contribution in [3.05, 3.63) is 11.1 Å². The largest absolute Gasteiger partial charge is 0.465 e. The van der Waals surface area contributed by atoms with Crippen LogP contribution in [0.15, 0.2) is 11.1 Å². The molecule has 1 fully saturated rings. The van der Waals surface area contributed by atoms with E-state index in [1.54, 1.807) is 6.92 Å². The van der Waals surface area contributed by atoms with E-state index in [0.29, 0.717) is 18.6 Å². The molecule has 1 rings (SSSR count). The number of hydrogen-bond acceptors (Lipinski definition) is 4. The molecule has 18 heavy (non-hydrogen) atoms. The number of carbonyl (C=O) groups is 2. The summed E-state index contributed by atoms with van der Waals surface area (Å²) in [4.78, 5) is 23.4. The van der Waals surface area contributed by atoms with E-state index >= 15 is 0 Å². The molecule has 102 valence electrons. The minimum atomic E-state index is -0.734. The Morgan fingerprint density at radius 1 is 1.39 bits per heavy atom. The molecule has 4 nitrogen and oxygen atoms in total. The summed E-state index contributed by atoms with van der Waals surface area (Å²) in [5.41, 5.74) is 0.911. The summed E-state index contributed by atoms with van der Waals surface area (Å²) < 4.78 is 10.4. The average molecular weight is 254 g/mol. The smallest absolute Gasteiger partial charge is 0.334 e. The summed E-state index contributed by atoms with van der Waals surface area (Å²) in [6, 6.07) is 0.